The molecule has 2 aromatic rings. The molecule has 3 rings (SSSR count). The summed E-state index contributed by atoms with van der Waals surface area (Å²) in [6.07, 6.45) is 2.70. The Kier molecular flexibility index (Phi) is 8.67. The number of carbonyl (C=O) groups excluding carboxylic acids is 3. The van der Waals surface area contributed by atoms with Gasteiger partial charge in [0.05, 0.1) is 25.4 Å². The Morgan fingerprint density at radius 1 is 0.971 bits per heavy atom. The second-order valence-electron chi connectivity index (χ2n) is 7.87. The monoisotopic (exact) mass is 478 g/mol. The van der Waals surface area contributed by atoms with Gasteiger partial charge in [0, 0.05) is 17.5 Å². The first-order valence-electron chi connectivity index (χ1n) is 11.5. The van der Waals surface area contributed by atoms with Crippen molar-refractivity contribution in [3.05, 3.63) is 83.7 Å². The van der Waals surface area contributed by atoms with Crippen LogP contribution in [0.1, 0.15) is 45.0 Å². The van der Waals surface area contributed by atoms with Crippen LogP contribution in [-0.4, -0.2) is 42.2 Å². The molecule has 0 bridgehead atoms. The minimum absolute atomic E-state index is 0.0701. The van der Waals surface area contributed by atoms with Crippen molar-refractivity contribution in [2.45, 2.75) is 40.0 Å². The first-order valence-corrected chi connectivity index (χ1v) is 11.5. The maximum Gasteiger partial charge on any atom is 0.416 e. The Labute approximate surface area is 205 Å². The van der Waals surface area contributed by atoms with Crippen molar-refractivity contribution >= 4 is 29.8 Å². The normalized spacial score (nSPS) is 14.8. The number of para-hydroxylation sites is 1. The summed E-state index contributed by atoms with van der Waals surface area (Å²) >= 11 is 0. The molecule has 0 radical (unpaired) electrons. The van der Waals surface area contributed by atoms with E-state index in [4.69, 9.17) is 14.2 Å². The average Bonchev–Trinajstić information content (AvgIpc) is 2.83. The van der Waals surface area contributed by atoms with Gasteiger partial charge in [-0.2, -0.15) is 0 Å². The van der Waals surface area contributed by atoms with Crippen molar-refractivity contribution in [2.24, 2.45) is 0 Å². The van der Waals surface area contributed by atoms with Crippen LogP contribution in [0.5, 0.6) is 0 Å². The van der Waals surface area contributed by atoms with Crippen molar-refractivity contribution in [2.75, 3.05) is 18.1 Å². The van der Waals surface area contributed by atoms with Gasteiger partial charge in [0.15, 0.2) is 0 Å². The van der Waals surface area contributed by atoms with E-state index < -0.39 is 24.2 Å². The number of esters is 2. The van der Waals surface area contributed by atoms with Crippen LogP contribution in [0.25, 0.3) is 6.08 Å². The Morgan fingerprint density at radius 3 is 2.29 bits per heavy atom. The van der Waals surface area contributed by atoms with Crippen molar-refractivity contribution in [3.63, 3.8) is 0 Å². The second-order valence-corrected chi connectivity index (χ2v) is 7.87. The number of hydrogen-bond donors (Lipinski definition) is 0. The van der Waals surface area contributed by atoms with Gasteiger partial charge in [-0.05, 0) is 51.5 Å². The van der Waals surface area contributed by atoms with E-state index in [1.165, 1.54) is 9.80 Å². The fourth-order valence-electron chi connectivity index (χ4n) is 3.70. The zero-order valence-corrected chi connectivity index (χ0v) is 20.3. The Balaban J connectivity index is 2.23. The lowest BCUT2D eigenvalue weighted by Gasteiger charge is -2.41. The van der Waals surface area contributed by atoms with Gasteiger partial charge in [-0.1, -0.05) is 42.5 Å². The largest absolute Gasteiger partial charge is 0.463 e. The minimum Gasteiger partial charge on any atom is -0.463 e. The molecule has 2 aromatic carbocycles. The lowest BCUT2D eigenvalue weighted by atomic mass is 9.99. The Hall–Kier alpha value is -4.07. The first kappa shape index (κ1) is 25.6. The van der Waals surface area contributed by atoms with E-state index in [0.29, 0.717) is 5.69 Å². The molecular formula is C27H30N2O6. The molecule has 1 amide bonds. The van der Waals surface area contributed by atoms with Gasteiger partial charge in [-0.3, -0.25) is 4.90 Å². The molecule has 0 saturated heterocycles. The van der Waals surface area contributed by atoms with Crippen LogP contribution in [0.2, 0.25) is 0 Å². The fourth-order valence-corrected chi connectivity index (χ4v) is 3.70. The maximum atomic E-state index is 13.5. The van der Waals surface area contributed by atoms with Gasteiger partial charge < -0.3 is 19.1 Å². The molecule has 8 nitrogen and oxygen atoms in total. The second kappa shape index (κ2) is 11.9. The third kappa shape index (κ3) is 6.09. The van der Waals surface area contributed by atoms with E-state index in [-0.39, 0.29) is 25.0 Å². The zero-order chi connectivity index (χ0) is 25.4. The van der Waals surface area contributed by atoms with Crippen LogP contribution in [0, 0.1) is 0 Å². The van der Waals surface area contributed by atoms with Gasteiger partial charge in [0.1, 0.15) is 11.9 Å². The van der Waals surface area contributed by atoms with Crippen LogP contribution < -0.4 is 4.90 Å². The highest BCUT2D eigenvalue weighted by Gasteiger charge is 2.38. The highest BCUT2D eigenvalue weighted by Crippen LogP contribution is 2.39. The number of carbonyl (C=O) groups is 3. The van der Waals surface area contributed by atoms with Crippen LogP contribution >= 0.6 is 0 Å². The van der Waals surface area contributed by atoms with E-state index in [2.05, 4.69) is 0 Å². The quantitative estimate of drug-likeness (QED) is 0.299. The fraction of sp³-hybridized carbons (Fsp3) is 0.296. The lowest BCUT2D eigenvalue weighted by molar-refractivity contribution is -0.142. The first-order chi connectivity index (χ1) is 16.9. The van der Waals surface area contributed by atoms with E-state index in [1.807, 2.05) is 30.3 Å². The molecule has 0 aromatic heterocycles. The number of anilines is 1. The standard InChI is InChI=1S/C27H30N2O6/c1-5-33-24(30)18-23(26(31)34-6-2)28-17-16-20-12-10-11-15-22(20)25(28)29(27(32)35-19(3)4)21-13-8-7-9-14-21/h7-19,25H,5-6H2,1-4H3/b23-18+. The van der Waals surface area contributed by atoms with Crippen molar-refractivity contribution in [1.82, 2.24) is 4.90 Å². The van der Waals surface area contributed by atoms with Gasteiger partial charge >= 0.3 is 18.0 Å². The predicted octanol–water partition coefficient (Wildman–Crippen LogP) is 5.03. The van der Waals surface area contributed by atoms with E-state index >= 15 is 0 Å². The number of benzene rings is 2. The summed E-state index contributed by atoms with van der Waals surface area (Å²) in [5.41, 5.74) is 2.07. The molecule has 184 valence electrons. The van der Waals surface area contributed by atoms with E-state index in [9.17, 15) is 14.4 Å². The topological polar surface area (TPSA) is 85.4 Å². The molecule has 1 atom stereocenters. The third-order valence-electron chi connectivity index (χ3n) is 5.07. The van der Waals surface area contributed by atoms with E-state index in [1.54, 1.807) is 64.2 Å². The molecule has 0 N–H and O–H groups in total. The Bertz CT molecular complexity index is 1110. The summed E-state index contributed by atoms with van der Waals surface area (Å²) in [6.45, 7) is 7.13. The van der Waals surface area contributed by atoms with Crippen LogP contribution in [0.3, 0.4) is 0 Å². The summed E-state index contributed by atoms with van der Waals surface area (Å²) in [5, 5.41) is 0. The molecular weight excluding hydrogens is 448 g/mol. The van der Waals surface area contributed by atoms with Crippen LogP contribution in [0.15, 0.2) is 72.6 Å². The molecule has 0 aliphatic carbocycles. The molecule has 35 heavy (non-hydrogen) atoms. The highest BCUT2D eigenvalue weighted by molar-refractivity contribution is 5.97. The number of nitrogens with zero attached hydrogens (tertiary/aromatic N) is 2. The number of rotatable bonds is 8. The maximum absolute atomic E-state index is 13.5. The number of ether oxygens (including phenoxy) is 3. The molecule has 1 aliphatic rings. The van der Waals surface area contributed by atoms with Crippen molar-refractivity contribution in [3.8, 4) is 0 Å². The van der Waals surface area contributed by atoms with Crippen molar-refractivity contribution in [1.29, 1.82) is 0 Å². The predicted molar refractivity (Wildman–Crippen MR) is 132 cm³/mol. The van der Waals surface area contributed by atoms with Gasteiger partial charge in [-0.25, -0.2) is 14.4 Å². The Morgan fingerprint density at radius 2 is 1.63 bits per heavy atom. The highest BCUT2D eigenvalue weighted by atomic mass is 16.6. The smallest absolute Gasteiger partial charge is 0.416 e. The van der Waals surface area contributed by atoms with Gasteiger partial charge in [0.2, 0.25) is 0 Å². The third-order valence-corrected chi connectivity index (χ3v) is 5.07. The summed E-state index contributed by atoms with van der Waals surface area (Å²) in [4.78, 5) is 41.9. The lowest BCUT2D eigenvalue weighted by Crippen LogP contribution is -2.46. The number of amides is 1. The molecule has 1 heterocycles. The minimum atomic E-state index is -0.852. The molecule has 0 spiro atoms. The molecule has 1 unspecified atom stereocenters. The molecule has 0 saturated carbocycles. The number of hydrogen-bond acceptors (Lipinski definition) is 7. The van der Waals surface area contributed by atoms with Gasteiger partial charge in [-0.15, -0.1) is 0 Å². The SMILES string of the molecule is CCOC(=O)/C=C(\C(=O)OCC)N1C=Cc2ccccc2C1N(C(=O)OC(C)C)c1ccccc1. The zero-order valence-electron chi connectivity index (χ0n) is 20.3. The summed E-state index contributed by atoms with van der Waals surface area (Å²) in [7, 11) is 0. The molecule has 1 aliphatic heterocycles. The van der Waals surface area contributed by atoms with Gasteiger partial charge in [0.25, 0.3) is 0 Å². The summed E-state index contributed by atoms with van der Waals surface area (Å²) < 4.78 is 15.9. The van der Waals surface area contributed by atoms with Crippen molar-refractivity contribution < 1.29 is 28.6 Å². The summed E-state index contributed by atoms with van der Waals surface area (Å²) in [6, 6.07) is 16.5. The molecule has 0 fully saturated rings. The number of fused-ring (bicyclic) bond motifs is 1. The van der Waals surface area contributed by atoms with Crippen LogP contribution in [0.4, 0.5) is 10.5 Å². The summed E-state index contributed by atoms with van der Waals surface area (Å²) in [5.74, 6) is -1.42. The average molecular weight is 479 g/mol. The van der Waals surface area contributed by atoms with Crippen LogP contribution in [-0.2, 0) is 23.8 Å². The van der Waals surface area contributed by atoms with E-state index in [0.717, 1.165) is 17.2 Å². The molecule has 8 heteroatoms.